The maximum Gasteiger partial charge on any atom is 0.315 e. The molecular formula is C15H17N3O2S. The van der Waals surface area contributed by atoms with E-state index in [0.29, 0.717) is 13.2 Å². The second-order valence-corrected chi connectivity index (χ2v) is 5.97. The molecule has 1 N–H and O–H groups in total. The van der Waals surface area contributed by atoms with E-state index >= 15 is 0 Å². The Morgan fingerprint density at radius 3 is 3.24 bits per heavy atom. The zero-order valence-corrected chi connectivity index (χ0v) is 12.7. The molecule has 2 heterocycles. The molecule has 3 rings (SSSR count). The molecule has 110 valence electrons. The highest BCUT2D eigenvalue weighted by atomic mass is 32.1. The maximum atomic E-state index is 11.9. The first-order valence-corrected chi connectivity index (χ1v) is 7.88. The Bertz CT molecular complexity index is 627. The third kappa shape index (κ3) is 3.05. The number of ether oxygens (including phenoxy) is 1. The van der Waals surface area contributed by atoms with Crippen molar-refractivity contribution in [2.45, 2.75) is 32.2 Å². The molecule has 1 aliphatic carbocycles. The Labute approximate surface area is 127 Å². The van der Waals surface area contributed by atoms with Crippen molar-refractivity contribution in [3.05, 3.63) is 40.7 Å². The highest BCUT2D eigenvalue weighted by Crippen LogP contribution is 2.39. The van der Waals surface area contributed by atoms with Gasteiger partial charge in [0.1, 0.15) is 5.92 Å². The van der Waals surface area contributed by atoms with E-state index in [1.54, 1.807) is 17.5 Å². The van der Waals surface area contributed by atoms with Gasteiger partial charge in [0.25, 0.3) is 0 Å². The summed E-state index contributed by atoms with van der Waals surface area (Å²) in [5.74, 6) is -0.342. The molecule has 2 aromatic heterocycles. The molecule has 0 aliphatic heterocycles. The van der Waals surface area contributed by atoms with E-state index in [1.807, 2.05) is 25.3 Å². The lowest BCUT2D eigenvalue weighted by atomic mass is 10.1. The van der Waals surface area contributed by atoms with E-state index in [9.17, 15) is 4.79 Å². The topological polar surface area (TPSA) is 64.1 Å². The van der Waals surface area contributed by atoms with Crippen LogP contribution in [0, 0.1) is 0 Å². The van der Waals surface area contributed by atoms with Gasteiger partial charge in [0.05, 0.1) is 12.3 Å². The van der Waals surface area contributed by atoms with Crippen LogP contribution < -0.4 is 5.32 Å². The third-order valence-corrected chi connectivity index (χ3v) is 4.54. The molecule has 0 aromatic carbocycles. The first-order chi connectivity index (χ1) is 10.3. The largest absolute Gasteiger partial charge is 0.465 e. The summed E-state index contributed by atoms with van der Waals surface area (Å²) in [6, 6.07) is 3.93. The Balaban J connectivity index is 1.67. The first kappa shape index (κ1) is 14.0. The average molecular weight is 303 g/mol. The molecular weight excluding hydrogens is 286 g/mol. The number of hydrogen-bond acceptors (Lipinski definition) is 6. The molecule has 0 spiro atoms. The van der Waals surface area contributed by atoms with Gasteiger partial charge in [0.15, 0.2) is 5.13 Å². The number of thiazole rings is 1. The number of anilines is 1. The fraction of sp³-hybridized carbons (Fsp3) is 0.400. The van der Waals surface area contributed by atoms with Crippen molar-refractivity contribution >= 4 is 22.4 Å². The summed E-state index contributed by atoms with van der Waals surface area (Å²) in [5.41, 5.74) is 2.00. The second-order valence-electron chi connectivity index (χ2n) is 4.89. The Kier molecular flexibility index (Phi) is 4.15. The third-order valence-electron chi connectivity index (χ3n) is 3.46. The van der Waals surface area contributed by atoms with Gasteiger partial charge in [-0.2, -0.15) is 0 Å². The molecule has 0 radical (unpaired) electrons. The quantitative estimate of drug-likeness (QED) is 0.860. The Hall–Kier alpha value is -1.95. The molecule has 0 saturated heterocycles. The summed E-state index contributed by atoms with van der Waals surface area (Å²) in [4.78, 5) is 21.8. The van der Waals surface area contributed by atoms with Crippen LogP contribution in [0.4, 0.5) is 5.13 Å². The molecule has 1 aliphatic rings. The van der Waals surface area contributed by atoms with E-state index in [2.05, 4.69) is 15.3 Å². The van der Waals surface area contributed by atoms with Crippen LogP contribution in [0.15, 0.2) is 24.5 Å². The highest BCUT2D eigenvalue weighted by molar-refractivity contribution is 7.15. The number of nitrogens with one attached hydrogen (secondary N) is 1. The van der Waals surface area contributed by atoms with Crippen molar-refractivity contribution < 1.29 is 9.53 Å². The number of aryl methyl sites for hydroxylation is 1. The van der Waals surface area contributed by atoms with E-state index in [1.165, 1.54) is 4.88 Å². The normalized spacial score (nSPS) is 16.5. The number of hydrogen-bond donors (Lipinski definition) is 1. The summed E-state index contributed by atoms with van der Waals surface area (Å²) in [6.07, 6.45) is 5.31. The molecule has 6 heteroatoms. The summed E-state index contributed by atoms with van der Waals surface area (Å²) in [5, 5.41) is 4.16. The van der Waals surface area contributed by atoms with E-state index in [0.717, 1.165) is 29.2 Å². The van der Waals surface area contributed by atoms with Crippen molar-refractivity contribution in [2.24, 2.45) is 0 Å². The van der Waals surface area contributed by atoms with Gasteiger partial charge in [-0.1, -0.05) is 6.07 Å². The molecule has 2 aromatic rings. The molecule has 1 unspecified atom stereocenters. The zero-order chi connectivity index (χ0) is 14.7. The van der Waals surface area contributed by atoms with Crippen molar-refractivity contribution in [3.8, 4) is 0 Å². The van der Waals surface area contributed by atoms with Crippen LogP contribution in [0.5, 0.6) is 0 Å². The SMILES string of the molecule is CCOC(=O)C1CCc2sc(NCc3cccnc3)nc21. The number of esters is 1. The van der Waals surface area contributed by atoms with E-state index in [4.69, 9.17) is 4.74 Å². The molecule has 21 heavy (non-hydrogen) atoms. The minimum absolute atomic E-state index is 0.152. The van der Waals surface area contributed by atoms with Crippen LogP contribution in [0.1, 0.15) is 35.4 Å². The van der Waals surface area contributed by atoms with E-state index in [-0.39, 0.29) is 11.9 Å². The van der Waals surface area contributed by atoms with Gasteiger partial charge in [0, 0.05) is 23.8 Å². The number of carbonyl (C=O) groups is 1. The monoisotopic (exact) mass is 303 g/mol. The minimum Gasteiger partial charge on any atom is -0.465 e. The van der Waals surface area contributed by atoms with Crippen LogP contribution >= 0.6 is 11.3 Å². The van der Waals surface area contributed by atoms with Gasteiger partial charge in [-0.25, -0.2) is 4.98 Å². The molecule has 0 amide bonds. The van der Waals surface area contributed by atoms with Gasteiger partial charge < -0.3 is 10.1 Å². The molecule has 1 atom stereocenters. The van der Waals surface area contributed by atoms with Crippen molar-refractivity contribution in [3.63, 3.8) is 0 Å². The van der Waals surface area contributed by atoms with Crippen molar-refractivity contribution in [1.82, 2.24) is 9.97 Å². The summed E-state index contributed by atoms with van der Waals surface area (Å²) < 4.78 is 5.12. The second kappa shape index (κ2) is 6.22. The van der Waals surface area contributed by atoms with E-state index < -0.39 is 0 Å². The van der Waals surface area contributed by atoms with Crippen molar-refractivity contribution in [2.75, 3.05) is 11.9 Å². The maximum absolute atomic E-state index is 11.9. The summed E-state index contributed by atoms with van der Waals surface area (Å²) >= 11 is 1.63. The number of rotatable bonds is 5. The van der Waals surface area contributed by atoms with Crippen LogP contribution in [0.3, 0.4) is 0 Å². The minimum atomic E-state index is -0.190. The number of carbonyl (C=O) groups excluding carboxylic acids is 1. The highest BCUT2D eigenvalue weighted by Gasteiger charge is 2.33. The lowest BCUT2D eigenvalue weighted by Gasteiger charge is -2.08. The fourth-order valence-electron chi connectivity index (χ4n) is 2.46. The lowest BCUT2D eigenvalue weighted by molar-refractivity contribution is -0.145. The summed E-state index contributed by atoms with van der Waals surface area (Å²) in [6.45, 7) is 2.93. The van der Waals surface area contributed by atoms with Gasteiger partial charge in [-0.3, -0.25) is 9.78 Å². The Morgan fingerprint density at radius 1 is 1.57 bits per heavy atom. The molecule has 0 fully saturated rings. The van der Waals surface area contributed by atoms with Gasteiger partial charge >= 0.3 is 5.97 Å². The average Bonchev–Trinajstić information content (AvgIpc) is 3.06. The smallest absolute Gasteiger partial charge is 0.315 e. The number of pyridine rings is 1. The standard InChI is InChI=1S/C15H17N3O2S/c1-2-20-14(19)11-5-6-12-13(11)18-15(21-12)17-9-10-4-3-7-16-8-10/h3-4,7-8,11H,2,5-6,9H2,1H3,(H,17,18). The number of fused-ring (bicyclic) bond motifs is 1. The van der Waals surface area contributed by atoms with Crippen LogP contribution in [0.25, 0.3) is 0 Å². The van der Waals surface area contributed by atoms with Gasteiger partial charge in [-0.15, -0.1) is 11.3 Å². The lowest BCUT2D eigenvalue weighted by Crippen LogP contribution is -2.14. The predicted molar refractivity (Wildman–Crippen MR) is 81.4 cm³/mol. The van der Waals surface area contributed by atoms with Crippen LogP contribution in [-0.2, 0) is 22.5 Å². The fourth-order valence-corrected chi connectivity index (χ4v) is 3.49. The molecule has 0 bridgehead atoms. The molecule has 5 nitrogen and oxygen atoms in total. The predicted octanol–water partition coefficient (Wildman–Crippen LogP) is 2.74. The van der Waals surface area contributed by atoms with Gasteiger partial charge in [0.2, 0.25) is 0 Å². The molecule has 0 saturated carbocycles. The summed E-state index contributed by atoms with van der Waals surface area (Å²) in [7, 11) is 0. The Morgan fingerprint density at radius 2 is 2.48 bits per heavy atom. The van der Waals surface area contributed by atoms with Gasteiger partial charge in [-0.05, 0) is 31.4 Å². The first-order valence-electron chi connectivity index (χ1n) is 7.07. The van der Waals surface area contributed by atoms with Crippen molar-refractivity contribution in [1.29, 1.82) is 0 Å². The number of nitrogens with zero attached hydrogens (tertiary/aromatic N) is 2. The number of aromatic nitrogens is 2. The van der Waals surface area contributed by atoms with Crippen LogP contribution in [-0.4, -0.2) is 22.5 Å². The van der Waals surface area contributed by atoms with Crippen LogP contribution in [0.2, 0.25) is 0 Å². The zero-order valence-electron chi connectivity index (χ0n) is 11.8.